The van der Waals surface area contributed by atoms with Crippen LogP contribution >= 0.6 is 24.0 Å². The number of guanidine groups is 1. The number of hydrogen-bond acceptors (Lipinski definition) is 4. The highest BCUT2D eigenvalue weighted by Crippen LogP contribution is 2.08. The van der Waals surface area contributed by atoms with Crippen molar-refractivity contribution in [1.82, 2.24) is 15.6 Å². The number of nitrogens with two attached hydrogens (primary N) is 1. The van der Waals surface area contributed by atoms with Crippen LogP contribution in [0.25, 0.3) is 0 Å². The summed E-state index contributed by atoms with van der Waals surface area (Å²) in [5.74, 6) is 0.682. The van der Waals surface area contributed by atoms with Gasteiger partial charge in [-0.1, -0.05) is 18.2 Å². The Bertz CT molecular complexity index is 780. The van der Waals surface area contributed by atoms with Crippen LogP contribution in [0.2, 0.25) is 0 Å². The van der Waals surface area contributed by atoms with Crippen molar-refractivity contribution in [2.75, 3.05) is 13.6 Å². The fourth-order valence-electron chi connectivity index (χ4n) is 2.07. The van der Waals surface area contributed by atoms with E-state index in [1.54, 1.807) is 25.4 Å². The number of hydrogen-bond donors (Lipinski definition) is 3. The Morgan fingerprint density at radius 3 is 2.44 bits per heavy atom. The topological polar surface area (TPSA) is 109 Å². The summed E-state index contributed by atoms with van der Waals surface area (Å²) in [6.07, 6.45) is 2.48. The molecular formula is C16H22IN5O2S. The van der Waals surface area contributed by atoms with Crippen LogP contribution in [0.5, 0.6) is 0 Å². The maximum Gasteiger partial charge on any atom is 0.238 e. The van der Waals surface area contributed by atoms with Gasteiger partial charge in [0, 0.05) is 19.8 Å². The van der Waals surface area contributed by atoms with Crippen LogP contribution in [0.3, 0.4) is 0 Å². The highest BCUT2D eigenvalue weighted by Gasteiger charge is 2.06. The van der Waals surface area contributed by atoms with Crippen LogP contribution in [0.15, 0.2) is 58.5 Å². The monoisotopic (exact) mass is 475 g/mol. The van der Waals surface area contributed by atoms with Gasteiger partial charge in [-0.25, -0.2) is 13.6 Å². The molecule has 136 valence electrons. The maximum absolute atomic E-state index is 11.2. The second-order valence-corrected chi connectivity index (χ2v) is 6.67. The van der Waals surface area contributed by atoms with E-state index in [0.29, 0.717) is 19.0 Å². The highest BCUT2D eigenvalue weighted by atomic mass is 127. The van der Waals surface area contributed by atoms with E-state index in [4.69, 9.17) is 5.14 Å². The molecule has 1 heterocycles. The minimum Gasteiger partial charge on any atom is -0.356 e. The quantitative estimate of drug-likeness (QED) is 0.331. The number of halogens is 1. The van der Waals surface area contributed by atoms with Gasteiger partial charge in [0.25, 0.3) is 0 Å². The smallest absolute Gasteiger partial charge is 0.238 e. The lowest BCUT2D eigenvalue weighted by Crippen LogP contribution is -2.38. The molecule has 0 aliphatic carbocycles. The van der Waals surface area contributed by atoms with Crippen molar-refractivity contribution in [3.05, 3.63) is 59.9 Å². The fraction of sp³-hybridized carbons (Fsp3) is 0.250. The van der Waals surface area contributed by atoms with E-state index in [-0.39, 0.29) is 28.9 Å². The Morgan fingerprint density at radius 2 is 1.88 bits per heavy atom. The van der Waals surface area contributed by atoms with Crippen LogP contribution in [0.1, 0.15) is 11.3 Å². The van der Waals surface area contributed by atoms with E-state index >= 15 is 0 Å². The largest absolute Gasteiger partial charge is 0.356 e. The van der Waals surface area contributed by atoms with Gasteiger partial charge >= 0.3 is 0 Å². The molecule has 2 rings (SSSR count). The predicted octanol–water partition coefficient (Wildman–Crippen LogP) is 1.25. The van der Waals surface area contributed by atoms with Gasteiger partial charge in [-0.15, -0.1) is 24.0 Å². The first-order chi connectivity index (χ1) is 11.5. The van der Waals surface area contributed by atoms with E-state index in [9.17, 15) is 8.42 Å². The Balaban J connectivity index is 0.00000312. The first-order valence-electron chi connectivity index (χ1n) is 7.45. The third-order valence-corrected chi connectivity index (χ3v) is 4.27. The van der Waals surface area contributed by atoms with E-state index in [2.05, 4.69) is 20.6 Å². The number of aliphatic imine (C=N–C) groups is 1. The van der Waals surface area contributed by atoms with Gasteiger partial charge in [-0.3, -0.25) is 9.98 Å². The predicted molar refractivity (Wildman–Crippen MR) is 109 cm³/mol. The zero-order valence-electron chi connectivity index (χ0n) is 13.8. The van der Waals surface area contributed by atoms with Crippen LogP contribution in [0, 0.1) is 0 Å². The molecule has 1 aromatic carbocycles. The first-order valence-corrected chi connectivity index (χ1v) is 9.00. The van der Waals surface area contributed by atoms with E-state index in [1.165, 1.54) is 12.1 Å². The summed E-state index contributed by atoms with van der Waals surface area (Å²) < 4.78 is 22.4. The summed E-state index contributed by atoms with van der Waals surface area (Å²) in [5.41, 5.74) is 1.94. The minimum absolute atomic E-state index is 0. The molecule has 1 aromatic heterocycles. The lowest BCUT2D eigenvalue weighted by atomic mass is 10.1. The van der Waals surface area contributed by atoms with Gasteiger partial charge in [0.2, 0.25) is 10.0 Å². The number of aromatic nitrogens is 1. The summed E-state index contributed by atoms with van der Waals surface area (Å²) in [4.78, 5) is 8.51. The third kappa shape index (κ3) is 7.36. The molecule has 0 amide bonds. The van der Waals surface area contributed by atoms with E-state index < -0.39 is 10.0 Å². The van der Waals surface area contributed by atoms with Gasteiger partial charge in [-0.2, -0.15) is 0 Å². The Kier molecular flexibility index (Phi) is 8.79. The second-order valence-electron chi connectivity index (χ2n) is 5.11. The van der Waals surface area contributed by atoms with Crippen LogP contribution in [0.4, 0.5) is 0 Å². The Hall–Kier alpha value is -1.72. The number of sulfonamides is 1. The summed E-state index contributed by atoms with van der Waals surface area (Å²) >= 11 is 0. The molecule has 0 atom stereocenters. The number of benzene rings is 1. The third-order valence-electron chi connectivity index (χ3n) is 3.34. The number of nitrogens with zero attached hydrogens (tertiary/aromatic N) is 2. The van der Waals surface area contributed by atoms with Gasteiger partial charge in [0.05, 0.1) is 17.1 Å². The molecule has 0 aliphatic rings. The molecular weight excluding hydrogens is 453 g/mol. The molecule has 0 unspecified atom stereocenters. The van der Waals surface area contributed by atoms with Crippen molar-refractivity contribution in [1.29, 1.82) is 0 Å². The fourth-order valence-corrected chi connectivity index (χ4v) is 2.58. The van der Waals surface area contributed by atoms with Crippen LogP contribution in [-0.4, -0.2) is 33.0 Å². The van der Waals surface area contributed by atoms with E-state index in [1.807, 2.05) is 18.2 Å². The molecule has 7 nitrogen and oxygen atoms in total. The number of pyridine rings is 1. The van der Waals surface area contributed by atoms with Crippen LogP contribution < -0.4 is 15.8 Å². The van der Waals surface area contributed by atoms with Gasteiger partial charge in [0.1, 0.15) is 0 Å². The summed E-state index contributed by atoms with van der Waals surface area (Å²) in [6, 6.07) is 12.3. The SMILES string of the molecule is CN=C(NCCc1ccc(S(N)(=O)=O)cc1)NCc1ccccn1.I. The zero-order valence-corrected chi connectivity index (χ0v) is 17.0. The molecule has 0 saturated heterocycles. The van der Waals surface area contributed by atoms with Crippen molar-refractivity contribution in [3.63, 3.8) is 0 Å². The number of nitrogens with one attached hydrogen (secondary N) is 2. The van der Waals surface area contributed by atoms with Crippen molar-refractivity contribution in [3.8, 4) is 0 Å². The van der Waals surface area contributed by atoms with Gasteiger partial charge in [-0.05, 0) is 36.2 Å². The minimum atomic E-state index is -3.64. The zero-order chi connectivity index (χ0) is 17.4. The van der Waals surface area contributed by atoms with Crippen molar-refractivity contribution < 1.29 is 8.42 Å². The summed E-state index contributed by atoms with van der Waals surface area (Å²) in [5, 5.41) is 11.5. The molecule has 0 radical (unpaired) electrons. The molecule has 4 N–H and O–H groups in total. The molecule has 25 heavy (non-hydrogen) atoms. The Labute approximate surface area is 165 Å². The highest BCUT2D eigenvalue weighted by molar-refractivity contribution is 14.0. The number of primary sulfonamides is 1. The standard InChI is InChI=1S/C16H21N5O2S.HI/c1-18-16(21-12-14-4-2-3-10-19-14)20-11-9-13-5-7-15(8-6-13)24(17,22)23;/h2-8,10H,9,11-12H2,1H3,(H2,17,22,23)(H2,18,20,21);1H. The maximum atomic E-state index is 11.2. The average Bonchev–Trinajstić information content (AvgIpc) is 2.58. The molecule has 2 aromatic rings. The van der Waals surface area contributed by atoms with Crippen LogP contribution in [-0.2, 0) is 23.0 Å². The molecule has 0 fully saturated rings. The van der Waals surface area contributed by atoms with Crippen molar-refractivity contribution >= 4 is 40.0 Å². The lowest BCUT2D eigenvalue weighted by molar-refractivity contribution is 0.598. The average molecular weight is 475 g/mol. The molecule has 0 aliphatic heterocycles. The molecule has 0 bridgehead atoms. The number of rotatable bonds is 6. The van der Waals surface area contributed by atoms with Crippen molar-refractivity contribution in [2.24, 2.45) is 10.1 Å². The molecule has 0 saturated carbocycles. The Morgan fingerprint density at radius 1 is 1.16 bits per heavy atom. The van der Waals surface area contributed by atoms with E-state index in [0.717, 1.165) is 17.7 Å². The molecule has 0 spiro atoms. The summed E-state index contributed by atoms with van der Waals surface area (Å²) in [6.45, 7) is 1.25. The normalized spacial score (nSPS) is 11.5. The summed E-state index contributed by atoms with van der Waals surface area (Å²) in [7, 11) is -1.94. The second kappa shape index (κ2) is 10.3. The van der Waals surface area contributed by atoms with Crippen molar-refractivity contribution in [2.45, 2.75) is 17.9 Å². The van der Waals surface area contributed by atoms with Gasteiger partial charge in [0.15, 0.2) is 5.96 Å². The molecule has 9 heteroatoms. The van der Waals surface area contributed by atoms with Gasteiger partial charge < -0.3 is 10.6 Å². The first kappa shape index (κ1) is 21.3. The lowest BCUT2D eigenvalue weighted by Gasteiger charge is -2.11.